The van der Waals surface area contributed by atoms with Crippen molar-refractivity contribution < 1.29 is 23.9 Å². The van der Waals surface area contributed by atoms with Crippen LogP contribution in [0, 0.1) is 30.6 Å². The minimum atomic E-state index is -1.03. The van der Waals surface area contributed by atoms with Gasteiger partial charge in [0.15, 0.2) is 6.10 Å². The zero-order valence-electron chi connectivity index (χ0n) is 24.2. The Bertz CT molecular complexity index is 1870. The van der Waals surface area contributed by atoms with Gasteiger partial charge in [0, 0.05) is 31.2 Å². The number of anilines is 1. The lowest BCUT2D eigenvalue weighted by molar-refractivity contribution is -0.123. The van der Waals surface area contributed by atoms with Crippen LogP contribution in [0.2, 0.25) is 5.02 Å². The molecule has 7 unspecified atom stereocenters. The van der Waals surface area contributed by atoms with Crippen molar-refractivity contribution >= 4 is 83.6 Å². The van der Waals surface area contributed by atoms with Gasteiger partial charge in [-0.3, -0.25) is 19.3 Å². The van der Waals surface area contributed by atoms with Crippen molar-refractivity contribution in [1.29, 1.82) is 0 Å². The number of aromatic nitrogens is 1. The number of Topliss-reactive ketones (excluding diaryl/α,β-unsaturated/α-hetero) is 1. The number of amides is 2. The van der Waals surface area contributed by atoms with Crippen molar-refractivity contribution in [2.45, 2.75) is 36.0 Å². The normalized spacial score (nSPS) is 25.9. The number of ether oxygens (including phenoxy) is 1. The van der Waals surface area contributed by atoms with E-state index < -0.39 is 12.1 Å². The summed E-state index contributed by atoms with van der Waals surface area (Å²) in [4.78, 5) is 60.1. The van der Waals surface area contributed by atoms with Crippen LogP contribution in [0.5, 0.6) is 0 Å². The molecule has 228 valence electrons. The maximum Gasteiger partial charge on any atom is 0.339 e. The molecule has 7 rings (SSSR count). The molecule has 7 nitrogen and oxygen atoms in total. The van der Waals surface area contributed by atoms with Crippen LogP contribution in [0.15, 0.2) is 72.8 Å². The molecule has 4 aromatic rings. The number of alkyl halides is 2. The fourth-order valence-electron chi connectivity index (χ4n) is 7.22. The molecular weight excluding hydrogens is 724 g/mol. The number of ketones is 1. The number of carbonyl (C=O) groups is 4. The molecule has 0 radical (unpaired) electrons. The molecular formula is C35H27Br2ClN2O5. The van der Waals surface area contributed by atoms with Gasteiger partial charge in [-0.2, -0.15) is 0 Å². The van der Waals surface area contributed by atoms with Crippen molar-refractivity contribution in [2.24, 2.45) is 23.7 Å². The summed E-state index contributed by atoms with van der Waals surface area (Å²) in [6.45, 7) is 3.45. The van der Waals surface area contributed by atoms with Gasteiger partial charge in [0.05, 0.1) is 34.3 Å². The molecule has 3 aromatic carbocycles. The predicted octanol–water partition coefficient (Wildman–Crippen LogP) is 7.57. The summed E-state index contributed by atoms with van der Waals surface area (Å²) in [5.74, 6) is -1.59. The topological polar surface area (TPSA) is 93.6 Å². The molecule has 7 atom stereocenters. The summed E-state index contributed by atoms with van der Waals surface area (Å²) in [6.07, 6.45) is -0.156. The summed E-state index contributed by atoms with van der Waals surface area (Å²) in [5.41, 5.74) is 3.90. The Hall–Kier alpha value is -3.40. The van der Waals surface area contributed by atoms with E-state index in [-0.39, 0.29) is 56.5 Å². The number of rotatable bonds is 6. The van der Waals surface area contributed by atoms with E-state index in [0.29, 0.717) is 38.4 Å². The second-order valence-electron chi connectivity index (χ2n) is 12.0. The number of pyridine rings is 1. The summed E-state index contributed by atoms with van der Waals surface area (Å²) in [6, 6.07) is 20.7. The predicted molar refractivity (Wildman–Crippen MR) is 179 cm³/mol. The van der Waals surface area contributed by atoms with Crippen LogP contribution in [0.3, 0.4) is 0 Å². The van der Waals surface area contributed by atoms with Gasteiger partial charge in [-0.15, -0.1) is 0 Å². The number of para-hydroxylation sites is 1. The monoisotopic (exact) mass is 748 g/mol. The Balaban J connectivity index is 1.18. The fraction of sp³-hybridized carbons (Fsp3) is 0.286. The van der Waals surface area contributed by atoms with Crippen LogP contribution in [-0.4, -0.2) is 44.3 Å². The Morgan fingerprint density at radius 3 is 2.18 bits per heavy atom. The van der Waals surface area contributed by atoms with Crippen molar-refractivity contribution in [2.75, 3.05) is 4.90 Å². The number of carbonyl (C=O) groups excluding carboxylic acids is 4. The highest BCUT2D eigenvalue weighted by Gasteiger charge is 2.66. The summed E-state index contributed by atoms with van der Waals surface area (Å²) in [7, 11) is 0. The van der Waals surface area contributed by atoms with Crippen LogP contribution in [-0.2, 0) is 14.3 Å². The van der Waals surface area contributed by atoms with Crippen molar-refractivity contribution in [3.63, 3.8) is 0 Å². The molecule has 3 fully saturated rings. The second-order valence-corrected chi connectivity index (χ2v) is 14.6. The van der Waals surface area contributed by atoms with Gasteiger partial charge in [-0.25, -0.2) is 9.78 Å². The van der Waals surface area contributed by atoms with Gasteiger partial charge in [0.25, 0.3) is 0 Å². The minimum Gasteiger partial charge on any atom is -0.451 e. The van der Waals surface area contributed by atoms with Gasteiger partial charge >= 0.3 is 5.97 Å². The Labute approximate surface area is 281 Å². The average Bonchev–Trinajstić information content (AvgIpc) is 3.65. The summed E-state index contributed by atoms with van der Waals surface area (Å²) < 4.78 is 5.67. The molecule has 0 spiro atoms. The zero-order valence-corrected chi connectivity index (χ0v) is 28.2. The third-order valence-electron chi connectivity index (χ3n) is 9.45. The Morgan fingerprint density at radius 1 is 0.933 bits per heavy atom. The lowest BCUT2D eigenvalue weighted by Gasteiger charge is -2.28. The Morgan fingerprint density at radius 2 is 1.56 bits per heavy atom. The third kappa shape index (κ3) is 4.95. The van der Waals surface area contributed by atoms with Gasteiger partial charge in [-0.1, -0.05) is 73.8 Å². The van der Waals surface area contributed by atoms with Crippen LogP contribution in [0.1, 0.15) is 39.6 Å². The maximum absolute atomic E-state index is 13.5. The molecule has 1 aliphatic heterocycles. The summed E-state index contributed by atoms with van der Waals surface area (Å²) >= 11 is 13.4. The van der Waals surface area contributed by atoms with E-state index in [9.17, 15) is 19.2 Å². The zero-order chi connectivity index (χ0) is 31.7. The molecule has 2 aliphatic carbocycles. The van der Waals surface area contributed by atoms with E-state index in [1.807, 2.05) is 19.1 Å². The number of hydrogen-bond acceptors (Lipinski definition) is 6. The number of fused-ring (bicyclic) bond motifs is 6. The van der Waals surface area contributed by atoms with E-state index >= 15 is 0 Å². The van der Waals surface area contributed by atoms with Gasteiger partial charge in [-0.05, 0) is 80.1 Å². The SMILES string of the molecule is Cc1cccc2c(C(=O)OC(C)C(=O)c3ccc(Cl)cc3)cc(-c3ccc(N4C(=O)C5C6CC(C(Br)C6Br)C5C4=O)cc3)nc12. The number of halogens is 3. The second kappa shape index (κ2) is 11.4. The average molecular weight is 751 g/mol. The number of esters is 1. The smallest absolute Gasteiger partial charge is 0.339 e. The molecule has 45 heavy (non-hydrogen) atoms. The fourth-order valence-corrected chi connectivity index (χ4v) is 9.22. The molecule has 0 N–H and O–H groups in total. The van der Waals surface area contributed by atoms with E-state index in [1.54, 1.807) is 67.6 Å². The van der Waals surface area contributed by atoms with Gasteiger partial charge < -0.3 is 4.74 Å². The number of benzene rings is 3. The van der Waals surface area contributed by atoms with Crippen molar-refractivity contribution in [3.8, 4) is 11.3 Å². The van der Waals surface area contributed by atoms with E-state index in [0.717, 1.165) is 12.0 Å². The van der Waals surface area contributed by atoms with Crippen LogP contribution in [0.25, 0.3) is 22.2 Å². The van der Waals surface area contributed by atoms with Gasteiger partial charge in [0.2, 0.25) is 17.6 Å². The van der Waals surface area contributed by atoms with Crippen molar-refractivity contribution in [1.82, 2.24) is 4.98 Å². The standard InChI is InChI=1S/C35H27Br2ClN2O5/c1-16-4-3-5-22-23(35(44)45-17(2)32(41)19-6-10-20(38)11-7-19)15-26(39-31(16)22)18-8-12-21(13-9-18)40-33(42)27-24-14-25(28(27)34(40)43)30(37)29(24)36/h3-13,15,17,24-25,27-30H,14H2,1-2H3. The van der Waals surface area contributed by atoms with E-state index in [1.165, 1.54) is 4.90 Å². The molecule has 2 bridgehead atoms. The first-order valence-corrected chi connectivity index (χ1v) is 16.9. The van der Waals surface area contributed by atoms with Crippen molar-refractivity contribution in [3.05, 3.63) is 94.5 Å². The molecule has 1 saturated heterocycles. The number of imide groups is 1. The first-order chi connectivity index (χ1) is 21.5. The quantitative estimate of drug-likeness (QED) is 0.0874. The van der Waals surface area contributed by atoms with Crippen LogP contribution in [0.4, 0.5) is 5.69 Å². The highest BCUT2D eigenvalue weighted by molar-refractivity contribution is 9.12. The first kappa shape index (κ1) is 30.3. The molecule has 2 saturated carbocycles. The summed E-state index contributed by atoms with van der Waals surface area (Å²) in [5, 5.41) is 1.11. The number of nitrogens with zero attached hydrogens (tertiary/aromatic N) is 2. The number of aryl methyl sites for hydroxylation is 1. The lowest BCUT2D eigenvalue weighted by Crippen LogP contribution is -2.37. The molecule has 2 amide bonds. The third-order valence-corrected chi connectivity index (χ3v) is 12.9. The van der Waals surface area contributed by atoms with Crippen LogP contribution >= 0.6 is 43.5 Å². The maximum atomic E-state index is 13.5. The highest BCUT2D eigenvalue weighted by Crippen LogP contribution is 2.60. The largest absolute Gasteiger partial charge is 0.451 e. The van der Waals surface area contributed by atoms with Gasteiger partial charge in [0.1, 0.15) is 0 Å². The molecule has 2 heterocycles. The number of hydrogen-bond donors (Lipinski definition) is 0. The molecule has 1 aromatic heterocycles. The first-order valence-electron chi connectivity index (χ1n) is 14.7. The molecule has 3 aliphatic rings. The molecule has 10 heteroatoms. The minimum absolute atomic E-state index is 0.137. The highest BCUT2D eigenvalue weighted by atomic mass is 79.9. The van der Waals surface area contributed by atoms with Crippen LogP contribution < -0.4 is 4.90 Å². The Kier molecular flexibility index (Phi) is 7.69. The van der Waals surface area contributed by atoms with E-state index in [2.05, 4.69) is 31.9 Å². The lowest BCUT2D eigenvalue weighted by atomic mass is 9.81. The van der Waals surface area contributed by atoms with E-state index in [4.69, 9.17) is 21.3 Å².